The fourth-order valence-corrected chi connectivity index (χ4v) is 3.33. The van der Waals surface area contributed by atoms with E-state index in [2.05, 4.69) is 10.6 Å². The highest BCUT2D eigenvalue weighted by Gasteiger charge is 2.37. The van der Waals surface area contributed by atoms with Crippen molar-refractivity contribution in [2.24, 2.45) is 0 Å². The summed E-state index contributed by atoms with van der Waals surface area (Å²) >= 11 is 7.24. The van der Waals surface area contributed by atoms with E-state index in [9.17, 15) is 22.4 Å². The van der Waals surface area contributed by atoms with Gasteiger partial charge in [0.1, 0.15) is 11.4 Å². The molecule has 1 heterocycles. The molecule has 0 fully saturated rings. The first-order chi connectivity index (χ1) is 12.2. The summed E-state index contributed by atoms with van der Waals surface area (Å²) in [5.74, 6) is -1.69. The standard InChI is InChI=1S/C17H17ClF4N2OS/c1-2-13(16(25)24-9-11-4-3-7-26-11)23-8-10-5-6-12(19)14(15(10)18)17(20,21)22/h3-7,13,23H,2,8-9H2,1H3,(H,24,25). The molecule has 1 unspecified atom stereocenters. The SMILES string of the molecule is CCC(NCc1ccc(F)c(C(F)(F)F)c1Cl)C(=O)NCc1cccs1. The lowest BCUT2D eigenvalue weighted by molar-refractivity contribution is -0.140. The molecule has 0 radical (unpaired) electrons. The van der Waals surface area contributed by atoms with Crippen LogP contribution in [0.15, 0.2) is 29.6 Å². The van der Waals surface area contributed by atoms with Crippen LogP contribution in [-0.2, 0) is 24.1 Å². The molecule has 1 amide bonds. The molecule has 0 aliphatic carbocycles. The van der Waals surface area contributed by atoms with Gasteiger partial charge in [0.2, 0.25) is 5.91 Å². The zero-order chi connectivity index (χ0) is 19.3. The predicted molar refractivity (Wildman–Crippen MR) is 93.5 cm³/mol. The van der Waals surface area contributed by atoms with E-state index in [1.807, 2.05) is 17.5 Å². The van der Waals surface area contributed by atoms with Crippen molar-refractivity contribution < 1.29 is 22.4 Å². The normalized spacial score (nSPS) is 12.8. The molecule has 2 aromatic rings. The number of carbonyl (C=O) groups is 1. The average molecular weight is 409 g/mol. The highest BCUT2D eigenvalue weighted by molar-refractivity contribution is 7.09. The lowest BCUT2D eigenvalue weighted by Gasteiger charge is -2.18. The highest BCUT2D eigenvalue weighted by Crippen LogP contribution is 2.38. The molecule has 2 N–H and O–H groups in total. The van der Waals surface area contributed by atoms with Gasteiger partial charge in [-0.15, -0.1) is 11.3 Å². The van der Waals surface area contributed by atoms with E-state index in [4.69, 9.17) is 11.6 Å². The smallest absolute Gasteiger partial charge is 0.350 e. The molecular formula is C17H17ClF4N2OS. The second-order valence-corrected chi connectivity index (χ2v) is 6.94. The number of hydrogen-bond donors (Lipinski definition) is 2. The largest absolute Gasteiger partial charge is 0.420 e. The van der Waals surface area contributed by atoms with Gasteiger partial charge in [-0.3, -0.25) is 4.79 Å². The van der Waals surface area contributed by atoms with E-state index in [1.165, 1.54) is 17.4 Å². The number of rotatable bonds is 7. The summed E-state index contributed by atoms with van der Waals surface area (Å²) in [4.78, 5) is 13.2. The Morgan fingerprint density at radius 1 is 1.27 bits per heavy atom. The van der Waals surface area contributed by atoms with E-state index in [1.54, 1.807) is 6.92 Å². The van der Waals surface area contributed by atoms with Crippen molar-refractivity contribution in [3.8, 4) is 0 Å². The molecular weight excluding hydrogens is 392 g/mol. The van der Waals surface area contributed by atoms with Crippen LogP contribution in [0.2, 0.25) is 5.02 Å². The third kappa shape index (κ3) is 5.18. The van der Waals surface area contributed by atoms with E-state index in [0.717, 1.165) is 10.9 Å². The third-order valence-electron chi connectivity index (χ3n) is 3.74. The van der Waals surface area contributed by atoms with Crippen molar-refractivity contribution in [3.05, 3.63) is 56.5 Å². The number of halogens is 5. The molecule has 0 saturated carbocycles. The summed E-state index contributed by atoms with van der Waals surface area (Å²) in [6.45, 7) is 2.06. The Hall–Kier alpha value is -1.64. The Morgan fingerprint density at radius 2 is 2.00 bits per heavy atom. The number of carbonyl (C=O) groups excluding carboxylic acids is 1. The minimum atomic E-state index is -4.89. The topological polar surface area (TPSA) is 41.1 Å². The summed E-state index contributed by atoms with van der Waals surface area (Å²) in [5.41, 5.74) is -1.42. The van der Waals surface area contributed by atoms with E-state index < -0.39 is 28.6 Å². The summed E-state index contributed by atoms with van der Waals surface area (Å²) in [7, 11) is 0. The number of hydrogen-bond acceptors (Lipinski definition) is 3. The lowest BCUT2D eigenvalue weighted by Crippen LogP contribution is -2.43. The summed E-state index contributed by atoms with van der Waals surface area (Å²) in [6.07, 6.45) is -4.46. The maximum atomic E-state index is 13.5. The van der Waals surface area contributed by atoms with Gasteiger partial charge in [-0.05, 0) is 29.5 Å². The number of benzene rings is 1. The van der Waals surface area contributed by atoms with E-state index >= 15 is 0 Å². The first-order valence-electron chi connectivity index (χ1n) is 7.81. The molecule has 0 spiro atoms. The number of nitrogens with one attached hydrogen (secondary N) is 2. The lowest BCUT2D eigenvalue weighted by atomic mass is 10.1. The fourth-order valence-electron chi connectivity index (χ4n) is 2.36. The molecule has 0 aliphatic heterocycles. The van der Waals surface area contributed by atoms with Gasteiger partial charge in [-0.1, -0.05) is 30.7 Å². The highest BCUT2D eigenvalue weighted by atomic mass is 35.5. The zero-order valence-corrected chi connectivity index (χ0v) is 15.4. The predicted octanol–water partition coefficient (Wildman–Crippen LogP) is 4.74. The molecule has 1 aromatic carbocycles. The Labute approximate surface area is 157 Å². The number of thiophene rings is 1. The maximum Gasteiger partial charge on any atom is 0.420 e. The van der Waals surface area contributed by atoms with Crippen LogP contribution in [0.25, 0.3) is 0 Å². The molecule has 0 saturated heterocycles. The molecule has 1 atom stereocenters. The fraction of sp³-hybridized carbons (Fsp3) is 0.353. The van der Waals surface area contributed by atoms with Crippen LogP contribution in [0.5, 0.6) is 0 Å². The molecule has 2 rings (SSSR count). The Balaban J connectivity index is 2.02. The van der Waals surface area contributed by atoms with Crippen LogP contribution in [-0.4, -0.2) is 11.9 Å². The average Bonchev–Trinajstić information content (AvgIpc) is 3.07. The van der Waals surface area contributed by atoms with Crippen LogP contribution >= 0.6 is 22.9 Å². The van der Waals surface area contributed by atoms with E-state index in [-0.39, 0.29) is 18.0 Å². The molecule has 0 aliphatic rings. The van der Waals surface area contributed by atoms with Gasteiger partial charge in [0.25, 0.3) is 0 Å². The summed E-state index contributed by atoms with van der Waals surface area (Å²) < 4.78 is 52.2. The van der Waals surface area contributed by atoms with Gasteiger partial charge in [0, 0.05) is 11.4 Å². The Kier molecular flexibility index (Phi) is 7.02. The summed E-state index contributed by atoms with van der Waals surface area (Å²) in [5, 5.41) is 6.84. The van der Waals surface area contributed by atoms with Crippen LogP contribution in [0, 0.1) is 5.82 Å². The first kappa shape index (κ1) is 20.7. The Bertz CT molecular complexity index is 750. The van der Waals surface area contributed by atoms with Crippen LogP contribution in [0.3, 0.4) is 0 Å². The Morgan fingerprint density at radius 3 is 2.58 bits per heavy atom. The van der Waals surface area contributed by atoms with Gasteiger partial charge < -0.3 is 10.6 Å². The first-order valence-corrected chi connectivity index (χ1v) is 9.07. The molecule has 3 nitrogen and oxygen atoms in total. The molecule has 1 aromatic heterocycles. The van der Waals surface area contributed by atoms with Crippen LogP contribution in [0.4, 0.5) is 17.6 Å². The minimum absolute atomic E-state index is 0.0740. The van der Waals surface area contributed by atoms with E-state index in [0.29, 0.717) is 13.0 Å². The zero-order valence-electron chi connectivity index (χ0n) is 13.8. The van der Waals surface area contributed by atoms with Crippen LogP contribution < -0.4 is 10.6 Å². The summed E-state index contributed by atoms with van der Waals surface area (Å²) in [6, 6.07) is 5.05. The van der Waals surface area contributed by atoms with Gasteiger partial charge in [0.05, 0.1) is 17.6 Å². The van der Waals surface area contributed by atoms with Gasteiger partial charge >= 0.3 is 6.18 Å². The molecule has 142 valence electrons. The maximum absolute atomic E-state index is 13.5. The minimum Gasteiger partial charge on any atom is -0.350 e. The van der Waals surface area contributed by atoms with Crippen molar-refractivity contribution in [2.45, 2.75) is 38.7 Å². The number of alkyl halides is 3. The van der Waals surface area contributed by atoms with Crippen molar-refractivity contribution >= 4 is 28.8 Å². The second kappa shape index (κ2) is 8.83. The van der Waals surface area contributed by atoms with Gasteiger partial charge in [-0.25, -0.2) is 4.39 Å². The molecule has 0 bridgehead atoms. The molecule has 9 heteroatoms. The van der Waals surface area contributed by atoms with Crippen molar-refractivity contribution in [2.75, 3.05) is 0 Å². The molecule has 26 heavy (non-hydrogen) atoms. The van der Waals surface area contributed by atoms with Gasteiger partial charge in [0.15, 0.2) is 0 Å². The van der Waals surface area contributed by atoms with Crippen molar-refractivity contribution in [1.29, 1.82) is 0 Å². The third-order valence-corrected chi connectivity index (χ3v) is 5.04. The monoisotopic (exact) mass is 408 g/mol. The quantitative estimate of drug-likeness (QED) is 0.649. The van der Waals surface area contributed by atoms with Gasteiger partial charge in [-0.2, -0.15) is 13.2 Å². The second-order valence-electron chi connectivity index (χ2n) is 5.53. The van der Waals surface area contributed by atoms with Crippen LogP contribution in [0.1, 0.15) is 29.3 Å². The van der Waals surface area contributed by atoms with Crippen molar-refractivity contribution in [3.63, 3.8) is 0 Å². The number of amides is 1. The van der Waals surface area contributed by atoms with Crippen molar-refractivity contribution in [1.82, 2.24) is 10.6 Å².